The number of carboxylic acids is 1. The molecule has 1 aliphatic rings. The second-order valence-corrected chi connectivity index (χ2v) is 8.78. The van der Waals surface area contributed by atoms with Gasteiger partial charge in [0.1, 0.15) is 0 Å². The van der Waals surface area contributed by atoms with Crippen molar-refractivity contribution in [1.82, 2.24) is 5.32 Å². The summed E-state index contributed by atoms with van der Waals surface area (Å²) in [6.07, 6.45) is 1.54. The lowest BCUT2D eigenvalue weighted by Gasteiger charge is -2.13. The van der Waals surface area contributed by atoms with E-state index in [1.54, 1.807) is 36.4 Å². The van der Waals surface area contributed by atoms with Gasteiger partial charge >= 0.3 is 5.97 Å². The van der Waals surface area contributed by atoms with E-state index in [4.69, 9.17) is 5.11 Å². The van der Waals surface area contributed by atoms with Crippen molar-refractivity contribution in [3.63, 3.8) is 0 Å². The van der Waals surface area contributed by atoms with Gasteiger partial charge in [-0.15, -0.1) is 0 Å². The third-order valence-corrected chi connectivity index (χ3v) is 6.46. The van der Waals surface area contributed by atoms with E-state index >= 15 is 0 Å². The quantitative estimate of drug-likeness (QED) is 0.794. The molecule has 0 unspecified atom stereocenters. The molecule has 0 heterocycles. The second-order valence-electron chi connectivity index (χ2n) is 6.79. The molecule has 3 rings (SSSR count). The van der Waals surface area contributed by atoms with Crippen LogP contribution in [0.4, 0.5) is 0 Å². The Morgan fingerprint density at radius 2 is 1.78 bits per heavy atom. The molecule has 0 spiro atoms. The van der Waals surface area contributed by atoms with E-state index in [-0.39, 0.29) is 28.2 Å². The normalized spacial score (nSPS) is 19.6. The highest BCUT2D eigenvalue weighted by molar-refractivity contribution is 7.90. The lowest BCUT2D eigenvalue weighted by Crippen LogP contribution is -2.33. The predicted molar refractivity (Wildman–Crippen MR) is 100 cm³/mol. The lowest BCUT2D eigenvalue weighted by molar-refractivity contribution is -0.141. The number of sulfone groups is 1. The zero-order chi connectivity index (χ0) is 19.4. The molecule has 6 nitrogen and oxygen atoms in total. The highest BCUT2D eigenvalue weighted by atomic mass is 32.2. The molecule has 1 amide bonds. The van der Waals surface area contributed by atoms with E-state index in [2.05, 4.69) is 5.32 Å². The Morgan fingerprint density at radius 3 is 2.44 bits per heavy atom. The molecule has 0 aliphatic heterocycles. The van der Waals surface area contributed by atoms with Gasteiger partial charge in [-0.1, -0.05) is 36.4 Å². The fraction of sp³-hybridized carbons (Fsp3) is 0.300. The molecule has 0 bridgehead atoms. The molecule has 1 aliphatic carbocycles. The van der Waals surface area contributed by atoms with Crippen molar-refractivity contribution in [2.45, 2.75) is 36.0 Å². The third kappa shape index (κ3) is 4.74. The van der Waals surface area contributed by atoms with Crippen LogP contribution in [0.15, 0.2) is 59.5 Å². The van der Waals surface area contributed by atoms with Crippen LogP contribution >= 0.6 is 0 Å². The van der Waals surface area contributed by atoms with Gasteiger partial charge in [-0.05, 0) is 43.0 Å². The van der Waals surface area contributed by atoms with Crippen molar-refractivity contribution in [2.24, 2.45) is 5.92 Å². The molecule has 1 saturated carbocycles. The summed E-state index contributed by atoms with van der Waals surface area (Å²) in [7, 11) is -3.57. The number of hydrogen-bond acceptors (Lipinski definition) is 4. The molecular weight excluding hydrogens is 366 g/mol. The van der Waals surface area contributed by atoms with E-state index in [1.807, 2.05) is 6.07 Å². The minimum atomic E-state index is -3.57. The average Bonchev–Trinajstić information content (AvgIpc) is 3.11. The summed E-state index contributed by atoms with van der Waals surface area (Å²) in [5, 5.41) is 11.9. The van der Waals surface area contributed by atoms with Crippen LogP contribution in [0.5, 0.6) is 0 Å². The summed E-state index contributed by atoms with van der Waals surface area (Å²) in [6.45, 7) is 0. The third-order valence-electron chi connectivity index (χ3n) is 4.77. The molecule has 27 heavy (non-hydrogen) atoms. The minimum absolute atomic E-state index is 0.0915. The molecule has 7 heteroatoms. The molecule has 2 aromatic carbocycles. The highest BCUT2D eigenvalue weighted by Gasteiger charge is 2.30. The first kappa shape index (κ1) is 19.1. The molecule has 0 radical (unpaired) electrons. The molecule has 0 aromatic heterocycles. The SMILES string of the molecule is O=C(N[C@H]1CC[C@@H](C(=O)O)C1)c1cccc(S(=O)(=O)Cc2ccccc2)c1. The van der Waals surface area contributed by atoms with E-state index in [0.717, 1.165) is 0 Å². The smallest absolute Gasteiger partial charge is 0.306 e. The van der Waals surface area contributed by atoms with Gasteiger partial charge in [0.25, 0.3) is 5.91 Å². The van der Waals surface area contributed by atoms with Gasteiger partial charge < -0.3 is 10.4 Å². The molecule has 2 atom stereocenters. The Labute approximate surface area is 158 Å². The minimum Gasteiger partial charge on any atom is -0.481 e. The van der Waals surface area contributed by atoms with Gasteiger partial charge in [0, 0.05) is 11.6 Å². The largest absolute Gasteiger partial charge is 0.481 e. The zero-order valence-corrected chi connectivity index (χ0v) is 15.5. The fourth-order valence-electron chi connectivity index (χ4n) is 3.31. The summed E-state index contributed by atoms with van der Waals surface area (Å²) >= 11 is 0. The zero-order valence-electron chi connectivity index (χ0n) is 14.7. The van der Waals surface area contributed by atoms with Gasteiger partial charge in [0.2, 0.25) is 0 Å². The first-order chi connectivity index (χ1) is 12.8. The maximum atomic E-state index is 12.6. The number of rotatable bonds is 6. The topological polar surface area (TPSA) is 101 Å². The van der Waals surface area contributed by atoms with Crippen LogP contribution < -0.4 is 5.32 Å². The van der Waals surface area contributed by atoms with Crippen molar-refractivity contribution in [3.05, 3.63) is 65.7 Å². The first-order valence-electron chi connectivity index (χ1n) is 8.75. The molecule has 0 saturated heterocycles. The number of carboxylic acid groups (broad SMARTS) is 1. The number of carbonyl (C=O) groups is 2. The van der Waals surface area contributed by atoms with E-state index in [0.29, 0.717) is 24.8 Å². The van der Waals surface area contributed by atoms with Crippen LogP contribution in [0.3, 0.4) is 0 Å². The number of amides is 1. The van der Waals surface area contributed by atoms with Gasteiger partial charge in [0.15, 0.2) is 9.84 Å². The Bertz CT molecular complexity index is 940. The number of nitrogens with one attached hydrogen (secondary N) is 1. The van der Waals surface area contributed by atoms with Gasteiger partial charge in [-0.3, -0.25) is 9.59 Å². The fourth-order valence-corrected chi connectivity index (χ4v) is 4.70. The maximum absolute atomic E-state index is 12.6. The van der Waals surface area contributed by atoms with Crippen LogP contribution in [-0.4, -0.2) is 31.4 Å². The Hall–Kier alpha value is -2.67. The van der Waals surface area contributed by atoms with Crippen molar-refractivity contribution in [1.29, 1.82) is 0 Å². The summed E-state index contributed by atoms with van der Waals surface area (Å²) in [6, 6.07) is 14.6. The van der Waals surface area contributed by atoms with E-state index in [1.165, 1.54) is 12.1 Å². The van der Waals surface area contributed by atoms with Crippen LogP contribution in [0.25, 0.3) is 0 Å². The number of aliphatic carboxylic acids is 1. The lowest BCUT2D eigenvalue weighted by atomic mass is 10.1. The Balaban J connectivity index is 1.71. The van der Waals surface area contributed by atoms with Crippen LogP contribution in [0.1, 0.15) is 35.2 Å². The summed E-state index contributed by atoms with van der Waals surface area (Å²) in [5.41, 5.74) is 0.931. The molecule has 142 valence electrons. The average molecular weight is 387 g/mol. The van der Waals surface area contributed by atoms with Crippen molar-refractivity contribution < 1.29 is 23.1 Å². The summed E-state index contributed by atoms with van der Waals surface area (Å²) < 4.78 is 25.3. The van der Waals surface area contributed by atoms with Gasteiger partial charge in [-0.25, -0.2) is 8.42 Å². The van der Waals surface area contributed by atoms with Crippen molar-refractivity contribution in [2.75, 3.05) is 0 Å². The van der Waals surface area contributed by atoms with Crippen LogP contribution in [0.2, 0.25) is 0 Å². The molecular formula is C20H21NO5S. The monoisotopic (exact) mass is 387 g/mol. The summed E-state index contributed by atoms with van der Waals surface area (Å²) in [4.78, 5) is 23.6. The molecule has 1 fully saturated rings. The molecule has 2 aromatic rings. The standard InChI is InChI=1S/C20H21NO5S/c22-19(21-17-10-9-16(11-17)20(23)24)15-7-4-8-18(12-15)27(25,26)13-14-5-2-1-3-6-14/h1-8,12,16-17H,9-11,13H2,(H,21,22)(H,23,24)/t16-,17+/m1/s1. The van der Waals surface area contributed by atoms with Crippen LogP contribution in [-0.2, 0) is 20.4 Å². The van der Waals surface area contributed by atoms with Crippen molar-refractivity contribution in [3.8, 4) is 0 Å². The summed E-state index contributed by atoms with van der Waals surface area (Å²) in [5.74, 6) is -1.81. The molecule has 2 N–H and O–H groups in total. The van der Waals surface area contributed by atoms with Crippen molar-refractivity contribution >= 4 is 21.7 Å². The Kier molecular flexibility index (Phi) is 5.60. The highest BCUT2D eigenvalue weighted by Crippen LogP contribution is 2.26. The predicted octanol–water partition coefficient (Wildman–Crippen LogP) is 2.64. The number of carbonyl (C=O) groups excluding carboxylic acids is 1. The van der Waals surface area contributed by atoms with E-state index in [9.17, 15) is 18.0 Å². The van der Waals surface area contributed by atoms with Gasteiger partial charge in [0.05, 0.1) is 16.6 Å². The van der Waals surface area contributed by atoms with E-state index < -0.39 is 21.7 Å². The first-order valence-corrected chi connectivity index (χ1v) is 10.4. The maximum Gasteiger partial charge on any atom is 0.306 e. The Morgan fingerprint density at radius 1 is 1.04 bits per heavy atom. The second kappa shape index (κ2) is 7.92. The number of hydrogen-bond donors (Lipinski definition) is 2. The van der Waals surface area contributed by atoms with Gasteiger partial charge in [-0.2, -0.15) is 0 Å². The van der Waals surface area contributed by atoms with Crippen LogP contribution in [0, 0.1) is 5.92 Å². The number of benzene rings is 2.